The maximum atomic E-state index is 13.4. The molecule has 0 aliphatic rings. The maximum Gasteiger partial charge on any atom is 0.271 e. The van der Waals surface area contributed by atoms with Crippen molar-refractivity contribution in [1.82, 2.24) is 5.32 Å². The van der Waals surface area contributed by atoms with Crippen molar-refractivity contribution in [3.63, 3.8) is 0 Å². The molecule has 1 N–H and O–H groups in total. The van der Waals surface area contributed by atoms with E-state index in [9.17, 15) is 23.3 Å². The second kappa shape index (κ2) is 10.1. The predicted octanol–water partition coefficient (Wildman–Crippen LogP) is 3.68. The van der Waals surface area contributed by atoms with Crippen LogP contribution in [0.5, 0.6) is 5.75 Å². The summed E-state index contributed by atoms with van der Waals surface area (Å²) in [6, 6.07) is 19.4. The van der Waals surface area contributed by atoms with Crippen LogP contribution in [-0.2, 0) is 14.8 Å². The minimum atomic E-state index is -4.18. The normalized spacial score (nSPS) is 11.9. The van der Waals surface area contributed by atoms with Crippen molar-refractivity contribution in [1.29, 1.82) is 0 Å². The lowest BCUT2D eigenvalue weighted by molar-refractivity contribution is -0.384. The second-order valence-electron chi connectivity index (χ2n) is 7.13. The van der Waals surface area contributed by atoms with Gasteiger partial charge in [0.1, 0.15) is 12.3 Å². The number of carbonyl (C=O) groups excluding carboxylic acids is 1. The fourth-order valence-electron chi connectivity index (χ4n) is 3.32. The van der Waals surface area contributed by atoms with Gasteiger partial charge in [-0.15, -0.1) is 0 Å². The van der Waals surface area contributed by atoms with E-state index in [1.165, 1.54) is 37.4 Å². The monoisotopic (exact) mass is 469 g/mol. The van der Waals surface area contributed by atoms with Crippen molar-refractivity contribution in [3.05, 3.63) is 94.5 Å². The Morgan fingerprint density at radius 3 is 2.39 bits per heavy atom. The lowest BCUT2D eigenvalue weighted by Gasteiger charge is -2.25. The number of benzene rings is 3. The Hall–Kier alpha value is -3.92. The minimum Gasteiger partial charge on any atom is -0.496 e. The van der Waals surface area contributed by atoms with E-state index >= 15 is 0 Å². The number of nitrogens with zero attached hydrogens (tertiary/aromatic N) is 2. The van der Waals surface area contributed by atoms with Gasteiger partial charge in [0.2, 0.25) is 5.91 Å². The van der Waals surface area contributed by atoms with Crippen LogP contribution in [-0.4, -0.2) is 32.9 Å². The van der Waals surface area contributed by atoms with Crippen LogP contribution in [0.15, 0.2) is 83.8 Å². The van der Waals surface area contributed by atoms with Gasteiger partial charge in [0, 0.05) is 17.7 Å². The van der Waals surface area contributed by atoms with E-state index in [1.54, 1.807) is 49.4 Å². The Morgan fingerprint density at radius 1 is 1.06 bits per heavy atom. The largest absolute Gasteiger partial charge is 0.496 e. The number of amides is 1. The molecule has 9 nitrogen and oxygen atoms in total. The highest BCUT2D eigenvalue weighted by atomic mass is 32.2. The Bertz CT molecular complexity index is 1250. The molecular formula is C23H23N3O6S. The zero-order valence-corrected chi connectivity index (χ0v) is 18.9. The van der Waals surface area contributed by atoms with E-state index in [4.69, 9.17) is 4.74 Å². The number of para-hydroxylation sites is 1. The topological polar surface area (TPSA) is 119 Å². The predicted molar refractivity (Wildman–Crippen MR) is 124 cm³/mol. The summed E-state index contributed by atoms with van der Waals surface area (Å²) >= 11 is 0. The molecule has 10 heteroatoms. The summed E-state index contributed by atoms with van der Waals surface area (Å²) in [6.07, 6.45) is 0. The number of nitrogens with one attached hydrogen (secondary N) is 1. The number of nitro groups is 1. The SMILES string of the molecule is COc1ccccc1[C@H](C)NC(=O)CN(c1cccc([N+](=O)[O-])c1)S(=O)(=O)c1ccccc1. The van der Waals surface area contributed by atoms with E-state index in [0.717, 1.165) is 15.9 Å². The smallest absolute Gasteiger partial charge is 0.271 e. The van der Waals surface area contributed by atoms with Crippen LogP contribution < -0.4 is 14.4 Å². The highest BCUT2D eigenvalue weighted by Gasteiger charge is 2.29. The van der Waals surface area contributed by atoms with Crippen molar-refractivity contribution >= 4 is 27.3 Å². The lowest BCUT2D eigenvalue weighted by Crippen LogP contribution is -2.41. The zero-order chi connectivity index (χ0) is 24.0. The van der Waals surface area contributed by atoms with Crippen LogP contribution in [0.4, 0.5) is 11.4 Å². The molecule has 3 rings (SSSR count). The molecule has 0 aromatic heterocycles. The number of rotatable bonds is 9. The summed E-state index contributed by atoms with van der Waals surface area (Å²) in [5.74, 6) is -0.00262. The Labute approximate surface area is 191 Å². The van der Waals surface area contributed by atoms with Gasteiger partial charge in [0.05, 0.1) is 28.7 Å². The first-order chi connectivity index (χ1) is 15.7. The van der Waals surface area contributed by atoms with Crippen LogP contribution in [0.25, 0.3) is 0 Å². The van der Waals surface area contributed by atoms with Crippen LogP contribution in [0.2, 0.25) is 0 Å². The number of nitro benzene ring substituents is 1. The fourth-order valence-corrected chi connectivity index (χ4v) is 4.75. The van der Waals surface area contributed by atoms with Crippen LogP contribution in [0, 0.1) is 10.1 Å². The highest BCUT2D eigenvalue weighted by molar-refractivity contribution is 7.92. The van der Waals surface area contributed by atoms with E-state index in [2.05, 4.69) is 5.32 Å². The molecule has 172 valence electrons. The number of hydrogen-bond acceptors (Lipinski definition) is 6. The van der Waals surface area contributed by atoms with E-state index in [1.807, 2.05) is 0 Å². The van der Waals surface area contributed by atoms with Gasteiger partial charge in [-0.2, -0.15) is 0 Å². The summed E-state index contributed by atoms with van der Waals surface area (Å²) in [5, 5.41) is 14.0. The molecule has 0 radical (unpaired) electrons. The van der Waals surface area contributed by atoms with Gasteiger partial charge in [-0.05, 0) is 31.2 Å². The number of ether oxygens (including phenoxy) is 1. The molecule has 0 aliphatic carbocycles. The standard InChI is InChI=1S/C23H23N3O6S/c1-17(21-13-6-7-14-22(21)32-2)24-23(27)16-25(18-9-8-10-19(15-18)26(28)29)33(30,31)20-11-4-3-5-12-20/h3-15,17H,16H2,1-2H3,(H,24,27)/t17-/m0/s1. The molecule has 3 aromatic carbocycles. The lowest BCUT2D eigenvalue weighted by atomic mass is 10.1. The number of non-ortho nitro benzene ring substituents is 1. The summed E-state index contributed by atoms with van der Waals surface area (Å²) in [4.78, 5) is 23.5. The van der Waals surface area contributed by atoms with Gasteiger partial charge in [-0.1, -0.05) is 42.5 Å². The first-order valence-electron chi connectivity index (χ1n) is 9.98. The van der Waals surface area contributed by atoms with Crippen LogP contribution in [0.1, 0.15) is 18.5 Å². The average molecular weight is 470 g/mol. The molecule has 0 heterocycles. The van der Waals surface area contributed by atoms with Crippen molar-refractivity contribution in [2.45, 2.75) is 17.9 Å². The number of carbonyl (C=O) groups is 1. The molecule has 0 saturated carbocycles. The van der Waals surface area contributed by atoms with E-state index in [0.29, 0.717) is 5.75 Å². The molecule has 33 heavy (non-hydrogen) atoms. The third kappa shape index (κ3) is 5.47. The van der Waals surface area contributed by atoms with E-state index < -0.39 is 33.4 Å². The molecule has 0 saturated heterocycles. The Morgan fingerprint density at radius 2 is 1.73 bits per heavy atom. The number of methoxy groups -OCH3 is 1. The van der Waals surface area contributed by atoms with Gasteiger partial charge < -0.3 is 10.1 Å². The molecule has 1 atom stereocenters. The average Bonchev–Trinajstić information content (AvgIpc) is 2.83. The number of anilines is 1. The Balaban J connectivity index is 1.94. The van der Waals surface area contributed by atoms with E-state index in [-0.39, 0.29) is 16.3 Å². The van der Waals surface area contributed by atoms with Crippen molar-refractivity contribution in [3.8, 4) is 5.75 Å². The summed E-state index contributed by atoms with van der Waals surface area (Å²) < 4.78 is 32.9. The molecule has 0 unspecified atom stereocenters. The Kier molecular flexibility index (Phi) is 7.29. The van der Waals surface area contributed by atoms with Crippen LogP contribution >= 0.6 is 0 Å². The van der Waals surface area contributed by atoms with Crippen LogP contribution in [0.3, 0.4) is 0 Å². The van der Waals surface area contributed by atoms with Crippen molar-refractivity contribution < 1.29 is 22.9 Å². The molecule has 0 spiro atoms. The first kappa shape index (κ1) is 23.7. The molecule has 1 amide bonds. The fraction of sp³-hybridized carbons (Fsp3) is 0.174. The maximum absolute atomic E-state index is 13.4. The van der Waals surface area contributed by atoms with Gasteiger partial charge in [-0.3, -0.25) is 19.2 Å². The quantitative estimate of drug-likeness (QED) is 0.377. The molecule has 0 fully saturated rings. The summed E-state index contributed by atoms with van der Waals surface area (Å²) in [7, 11) is -2.66. The minimum absolute atomic E-state index is 0.00754. The summed E-state index contributed by atoms with van der Waals surface area (Å²) in [6.45, 7) is 1.18. The summed E-state index contributed by atoms with van der Waals surface area (Å²) in [5.41, 5.74) is 0.442. The first-order valence-corrected chi connectivity index (χ1v) is 11.4. The molecule has 0 aliphatic heterocycles. The zero-order valence-electron chi connectivity index (χ0n) is 18.0. The number of sulfonamides is 1. The third-order valence-electron chi connectivity index (χ3n) is 4.93. The van der Waals surface area contributed by atoms with Crippen molar-refractivity contribution in [2.24, 2.45) is 0 Å². The van der Waals surface area contributed by atoms with Gasteiger partial charge in [0.25, 0.3) is 15.7 Å². The third-order valence-corrected chi connectivity index (χ3v) is 6.72. The highest BCUT2D eigenvalue weighted by Crippen LogP contribution is 2.28. The molecule has 3 aromatic rings. The van der Waals surface area contributed by atoms with Crippen molar-refractivity contribution in [2.75, 3.05) is 18.0 Å². The molecule has 0 bridgehead atoms. The molecular weight excluding hydrogens is 446 g/mol. The van der Waals surface area contributed by atoms with Gasteiger partial charge in [-0.25, -0.2) is 8.42 Å². The second-order valence-corrected chi connectivity index (χ2v) is 9.00. The van der Waals surface area contributed by atoms with Gasteiger partial charge >= 0.3 is 0 Å². The van der Waals surface area contributed by atoms with Gasteiger partial charge in [0.15, 0.2) is 0 Å². The number of hydrogen-bond donors (Lipinski definition) is 1.